The molecule has 0 N–H and O–H groups in total. The maximum atomic E-state index is 12.8. The summed E-state index contributed by atoms with van der Waals surface area (Å²) in [5.41, 5.74) is 1.26. The van der Waals surface area contributed by atoms with Crippen LogP contribution in [0.4, 0.5) is 0 Å². The zero-order chi connectivity index (χ0) is 18.1. The van der Waals surface area contributed by atoms with Crippen LogP contribution in [0.2, 0.25) is 10.2 Å². The van der Waals surface area contributed by atoms with Gasteiger partial charge in [-0.15, -0.1) is 10.2 Å². The Morgan fingerprint density at radius 3 is 2.54 bits per heavy atom. The van der Waals surface area contributed by atoms with Crippen molar-refractivity contribution in [1.82, 2.24) is 20.1 Å². The molecule has 1 aliphatic carbocycles. The van der Waals surface area contributed by atoms with E-state index in [1.54, 1.807) is 29.2 Å². The lowest BCUT2D eigenvalue weighted by Crippen LogP contribution is -2.32. The minimum atomic E-state index is -0.122. The van der Waals surface area contributed by atoms with E-state index in [0.717, 1.165) is 18.4 Å². The summed E-state index contributed by atoms with van der Waals surface area (Å²) in [6, 6.07) is 10.6. The second-order valence-electron chi connectivity index (χ2n) is 6.04. The van der Waals surface area contributed by atoms with E-state index in [1.165, 1.54) is 6.20 Å². The van der Waals surface area contributed by atoms with E-state index >= 15 is 0 Å². The number of rotatable bonds is 5. The highest BCUT2D eigenvalue weighted by atomic mass is 35.5. The van der Waals surface area contributed by atoms with Gasteiger partial charge in [0.1, 0.15) is 5.15 Å². The fourth-order valence-corrected chi connectivity index (χ4v) is 2.83. The number of halogens is 2. The highest BCUT2D eigenvalue weighted by molar-refractivity contribution is 6.30. The molecular weight excluding hydrogens is 375 g/mol. The number of nitrogens with zero attached hydrogens (tertiary/aromatic N) is 4. The predicted octanol–water partition coefficient (Wildman–Crippen LogP) is 4.24. The van der Waals surface area contributed by atoms with Gasteiger partial charge in [-0.1, -0.05) is 23.2 Å². The van der Waals surface area contributed by atoms with E-state index in [1.807, 2.05) is 12.1 Å². The van der Waals surface area contributed by atoms with E-state index < -0.39 is 0 Å². The molecule has 4 rings (SSSR count). The van der Waals surface area contributed by atoms with E-state index in [0.29, 0.717) is 27.5 Å². The lowest BCUT2D eigenvalue weighted by atomic mass is 10.2. The first-order chi connectivity index (χ1) is 12.6. The lowest BCUT2D eigenvalue weighted by Gasteiger charge is -2.20. The van der Waals surface area contributed by atoms with Crippen molar-refractivity contribution in [2.24, 2.45) is 0 Å². The maximum Gasteiger partial charge on any atom is 0.256 e. The van der Waals surface area contributed by atoms with Gasteiger partial charge >= 0.3 is 0 Å². The first kappa shape index (κ1) is 17.0. The molecule has 1 aliphatic rings. The molecule has 1 aromatic carbocycles. The van der Waals surface area contributed by atoms with Crippen LogP contribution in [0, 0.1) is 0 Å². The van der Waals surface area contributed by atoms with Crippen molar-refractivity contribution in [3.63, 3.8) is 0 Å². The van der Waals surface area contributed by atoms with Crippen LogP contribution in [0.15, 0.2) is 47.0 Å². The van der Waals surface area contributed by atoms with Crippen molar-refractivity contribution in [3.05, 3.63) is 64.2 Å². The molecule has 0 saturated heterocycles. The van der Waals surface area contributed by atoms with Gasteiger partial charge < -0.3 is 9.32 Å². The van der Waals surface area contributed by atoms with Crippen LogP contribution >= 0.6 is 23.2 Å². The van der Waals surface area contributed by atoms with Gasteiger partial charge in [0.2, 0.25) is 11.8 Å². The molecule has 1 saturated carbocycles. The Bertz CT molecular complexity index is 921. The Kier molecular flexibility index (Phi) is 4.61. The molecule has 3 aromatic rings. The van der Waals surface area contributed by atoms with Crippen LogP contribution < -0.4 is 0 Å². The maximum absolute atomic E-state index is 12.8. The Hall–Kier alpha value is -2.44. The number of pyridine rings is 1. The molecule has 26 heavy (non-hydrogen) atoms. The number of benzene rings is 1. The molecule has 6 nitrogen and oxygen atoms in total. The number of hydrogen-bond acceptors (Lipinski definition) is 5. The predicted molar refractivity (Wildman–Crippen MR) is 96.9 cm³/mol. The van der Waals surface area contributed by atoms with E-state index in [2.05, 4.69) is 15.2 Å². The average molecular weight is 389 g/mol. The van der Waals surface area contributed by atoms with E-state index in [9.17, 15) is 4.79 Å². The average Bonchev–Trinajstić information content (AvgIpc) is 3.38. The van der Waals surface area contributed by atoms with Crippen molar-refractivity contribution < 1.29 is 9.21 Å². The van der Waals surface area contributed by atoms with E-state index in [4.69, 9.17) is 27.6 Å². The van der Waals surface area contributed by atoms with Crippen LogP contribution in [-0.2, 0) is 6.54 Å². The molecule has 2 heterocycles. The summed E-state index contributed by atoms with van der Waals surface area (Å²) in [5, 5.41) is 9.13. The van der Waals surface area contributed by atoms with Crippen molar-refractivity contribution in [2.75, 3.05) is 0 Å². The summed E-state index contributed by atoms with van der Waals surface area (Å²) < 4.78 is 5.73. The highest BCUT2D eigenvalue weighted by Crippen LogP contribution is 2.30. The van der Waals surface area contributed by atoms with Gasteiger partial charge in [0.15, 0.2) is 0 Å². The summed E-state index contributed by atoms with van der Waals surface area (Å²) in [6.45, 7) is 0.257. The molecule has 1 amide bonds. The molecule has 2 aromatic heterocycles. The number of aromatic nitrogens is 3. The van der Waals surface area contributed by atoms with Crippen LogP contribution in [0.5, 0.6) is 0 Å². The summed E-state index contributed by atoms with van der Waals surface area (Å²) >= 11 is 11.7. The molecule has 0 unspecified atom stereocenters. The Morgan fingerprint density at radius 2 is 1.88 bits per heavy atom. The van der Waals surface area contributed by atoms with Crippen molar-refractivity contribution >= 4 is 29.1 Å². The third-order valence-electron chi connectivity index (χ3n) is 4.09. The number of carbonyl (C=O) groups excluding carboxylic acids is 1. The zero-order valence-corrected chi connectivity index (χ0v) is 15.1. The van der Waals surface area contributed by atoms with Gasteiger partial charge in [-0.25, -0.2) is 4.98 Å². The minimum absolute atomic E-state index is 0.122. The third-order valence-corrected chi connectivity index (χ3v) is 4.56. The Balaban J connectivity index is 1.53. The zero-order valence-electron chi connectivity index (χ0n) is 13.6. The number of hydrogen-bond donors (Lipinski definition) is 0. The standard InChI is InChI=1S/C18H14Cl2N4O2/c19-13-4-1-11(2-5-13)17-23-22-16(26-17)10-24(14-6-7-14)18(25)12-3-8-15(20)21-9-12/h1-5,8-9,14H,6-7,10H2. The van der Waals surface area contributed by atoms with Crippen LogP contribution in [0.1, 0.15) is 29.1 Å². The smallest absolute Gasteiger partial charge is 0.256 e. The topological polar surface area (TPSA) is 72.1 Å². The number of carbonyl (C=O) groups is 1. The van der Waals surface area contributed by atoms with E-state index in [-0.39, 0.29) is 18.5 Å². The fraction of sp³-hybridized carbons (Fsp3) is 0.222. The van der Waals surface area contributed by atoms with Crippen LogP contribution in [0.3, 0.4) is 0 Å². The second kappa shape index (κ2) is 7.05. The molecular formula is C18H14Cl2N4O2. The first-order valence-electron chi connectivity index (χ1n) is 8.11. The van der Waals surface area contributed by atoms with Crippen LogP contribution in [0.25, 0.3) is 11.5 Å². The summed E-state index contributed by atoms with van der Waals surface area (Å²) in [7, 11) is 0. The van der Waals surface area contributed by atoms with Gasteiger partial charge in [0, 0.05) is 22.8 Å². The molecule has 1 fully saturated rings. The Labute approximate surface area is 159 Å². The van der Waals surface area contributed by atoms with Crippen molar-refractivity contribution in [1.29, 1.82) is 0 Å². The van der Waals surface area contributed by atoms with Gasteiger partial charge in [-0.3, -0.25) is 4.79 Å². The highest BCUT2D eigenvalue weighted by Gasteiger charge is 2.34. The van der Waals surface area contributed by atoms with Crippen molar-refractivity contribution in [3.8, 4) is 11.5 Å². The first-order valence-corrected chi connectivity index (χ1v) is 8.86. The van der Waals surface area contributed by atoms with Gasteiger partial charge in [-0.05, 0) is 49.2 Å². The quantitative estimate of drug-likeness (QED) is 0.611. The normalized spacial score (nSPS) is 13.6. The summed E-state index contributed by atoms with van der Waals surface area (Å²) in [5.74, 6) is 0.660. The molecule has 0 bridgehead atoms. The third kappa shape index (κ3) is 3.71. The summed E-state index contributed by atoms with van der Waals surface area (Å²) in [6.07, 6.45) is 3.41. The number of amides is 1. The van der Waals surface area contributed by atoms with Gasteiger partial charge in [-0.2, -0.15) is 0 Å². The monoisotopic (exact) mass is 388 g/mol. The molecule has 132 valence electrons. The van der Waals surface area contributed by atoms with Gasteiger partial charge in [0.05, 0.1) is 12.1 Å². The fourth-order valence-electron chi connectivity index (χ4n) is 2.59. The molecule has 0 aliphatic heterocycles. The summed E-state index contributed by atoms with van der Waals surface area (Å²) in [4.78, 5) is 18.5. The minimum Gasteiger partial charge on any atom is -0.419 e. The molecule has 0 spiro atoms. The lowest BCUT2D eigenvalue weighted by molar-refractivity contribution is 0.0714. The molecule has 0 radical (unpaired) electrons. The second-order valence-corrected chi connectivity index (χ2v) is 6.87. The largest absolute Gasteiger partial charge is 0.419 e. The molecule has 0 atom stereocenters. The SMILES string of the molecule is O=C(c1ccc(Cl)nc1)N(Cc1nnc(-c2ccc(Cl)cc2)o1)C1CC1. The molecule has 8 heteroatoms. The van der Waals surface area contributed by atoms with Crippen molar-refractivity contribution in [2.45, 2.75) is 25.4 Å². The van der Waals surface area contributed by atoms with Gasteiger partial charge in [0.25, 0.3) is 5.91 Å². The van der Waals surface area contributed by atoms with Crippen LogP contribution in [-0.4, -0.2) is 32.0 Å². The Morgan fingerprint density at radius 1 is 1.12 bits per heavy atom.